The number of likely N-dealkylation sites (tertiary alicyclic amines) is 2. The monoisotopic (exact) mass is 1060 g/mol. The Kier molecular flexibility index (Phi) is 20.4. The van der Waals surface area contributed by atoms with Gasteiger partial charge in [0.2, 0.25) is 35.4 Å². The zero-order valence-corrected chi connectivity index (χ0v) is 42.9. The molecule has 3 aliphatic rings. The molecule has 7 atom stereocenters. The predicted octanol–water partition coefficient (Wildman–Crippen LogP) is -0.530. The number of esters is 1. The van der Waals surface area contributed by atoms with Crippen molar-refractivity contribution in [3.8, 4) is 11.1 Å². The Morgan fingerprint density at radius 3 is 2.07 bits per heavy atom. The lowest BCUT2D eigenvalue weighted by Gasteiger charge is -2.31. The lowest BCUT2D eigenvalue weighted by atomic mass is 9.97. The van der Waals surface area contributed by atoms with Crippen molar-refractivity contribution in [3.63, 3.8) is 0 Å². The van der Waals surface area contributed by atoms with E-state index in [1.807, 2.05) is 55.5 Å². The lowest BCUT2D eigenvalue weighted by molar-refractivity contribution is -0.156. The van der Waals surface area contributed by atoms with Crippen LogP contribution in [0.5, 0.6) is 0 Å². The van der Waals surface area contributed by atoms with Gasteiger partial charge in [-0.15, -0.1) is 0 Å². The number of aromatic nitrogens is 2. The second kappa shape index (κ2) is 27.0. The number of ether oxygens (including phenoxy) is 2. The SMILES string of the molecule is CC[C@H](C)[C@H](NC(=O)[C@@H]1CCCN1C(=O)[C@H](Cc1cnc[nH]1)NC(=O)OCC1c2ccccc2-c2ccccc21)C(=O)N[C@@H](CCCN=C(N)N)C(=O)NCC(=O)N[C@@H](CS)C(=O)N1CCC[C@H]1C(=O)OCC(N)=O. The number of imidazole rings is 1. The van der Waals surface area contributed by atoms with E-state index >= 15 is 0 Å². The molecule has 3 aromatic rings. The van der Waals surface area contributed by atoms with E-state index < -0.39 is 109 Å². The summed E-state index contributed by atoms with van der Waals surface area (Å²) in [6, 6.07) is 8.95. The van der Waals surface area contributed by atoms with Crippen LogP contribution in [-0.4, -0.2) is 161 Å². The Morgan fingerprint density at radius 1 is 0.813 bits per heavy atom. The fourth-order valence-corrected chi connectivity index (χ4v) is 9.77. The molecule has 12 N–H and O–H groups in total. The van der Waals surface area contributed by atoms with Crippen LogP contribution in [0.15, 0.2) is 66.0 Å². The first-order valence-electron chi connectivity index (χ1n) is 25.0. The number of benzene rings is 2. The van der Waals surface area contributed by atoms with Crippen LogP contribution in [0.1, 0.15) is 81.5 Å². The Morgan fingerprint density at radius 2 is 1.45 bits per heavy atom. The van der Waals surface area contributed by atoms with Crippen LogP contribution in [0.25, 0.3) is 11.1 Å². The minimum Gasteiger partial charge on any atom is -0.454 e. The number of alkyl carbamates (subject to hydrolysis) is 1. The maximum atomic E-state index is 14.5. The third kappa shape index (κ3) is 15.0. The highest BCUT2D eigenvalue weighted by molar-refractivity contribution is 7.80. The average molecular weight is 1060 g/mol. The van der Waals surface area contributed by atoms with E-state index in [4.69, 9.17) is 26.7 Å². The van der Waals surface area contributed by atoms with Crippen LogP contribution < -0.4 is 43.8 Å². The second-order valence-electron chi connectivity index (χ2n) is 18.7. The molecule has 0 radical (unpaired) electrons. The number of H-pyrrole nitrogens is 1. The molecule has 0 unspecified atom stereocenters. The molecule has 24 nitrogen and oxygen atoms in total. The molecular weight excluding hydrogens is 991 g/mol. The summed E-state index contributed by atoms with van der Waals surface area (Å²) >= 11 is 4.22. The number of guanidine groups is 1. The summed E-state index contributed by atoms with van der Waals surface area (Å²) in [5.41, 5.74) is 20.8. The van der Waals surface area contributed by atoms with Crippen LogP contribution in [-0.2, 0) is 54.3 Å². The van der Waals surface area contributed by atoms with Gasteiger partial charge in [0.15, 0.2) is 12.6 Å². The molecule has 1 aliphatic carbocycles. The van der Waals surface area contributed by atoms with Gasteiger partial charge in [0.05, 0.1) is 12.9 Å². The van der Waals surface area contributed by atoms with E-state index in [2.05, 4.69) is 54.2 Å². The van der Waals surface area contributed by atoms with Gasteiger partial charge in [-0.1, -0.05) is 68.8 Å². The van der Waals surface area contributed by atoms with E-state index in [1.54, 1.807) is 6.92 Å². The summed E-state index contributed by atoms with van der Waals surface area (Å²) in [6.07, 6.45) is 4.21. The minimum absolute atomic E-state index is 0.00357. The molecule has 3 heterocycles. The maximum Gasteiger partial charge on any atom is 0.407 e. The lowest BCUT2D eigenvalue weighted by Crippen LogP contribution is -2.59. The van der Waals surface area contributed by atoms with E-state index in [1.165, 1.54) is 22.3 Å². The number of hydrogen-bond acceptors (Lipinski definition) is 14. The van der Waals surface area contributed by atoms with Gasteiger partial charge in [-0.2, -0.15) is 12.6 Å². The molecule has 2 saturated heterocycles. The van der Waals surface area contributed by atoms with Gasteiger partial charge < -0.3 is 68.0 Å². The van der Waals surface area contributed by atoms with Crippen molar-refractivity contribution >= 4 is 72.0 Å². The smallest absolute Gasteiger partial charge is 0.407 e. The molecule has 2 fully saturated rings. The standard InChI is InChI=1S/C50H67N13O11S/c1-3-28(2)42(45(68)59-35(15-8-18-55-49(52)53)43(66)56-23-41(65)58-37(26-75)47(70)63-20-10-17-39(63)48(71)73-25-40(51)64)61-44(67)38-16-9-19-62(38)46(69)36(21-29-22-54-27-57-29)60-50(72)74-24-34-32-13-6-4-11-30(32)31-12-5-7-14-33(31)34/h4-7,11-14,22,27-28,34-39,42,75H,3,8-10,15-21,23-26H2,1-2H3,(H2,51,64)(H,54,57)(H,56,66)(H,58,65)(H,59,68)(H,60,72)(H,61,67)(H4,52,53,55)/t28-,35-,36-,37-,38-,39-,42-/m0/s1. The molecule has 404 valence electrons. The number of primary amides is 1. The number of amides is 8. The number of hydrogen-bond donors (Lipinski definition) is 10. The van der Waals surface area contributed by atoms with Gasteiger partial charge in [0.1, 0.15) is 42.9 Å². The van der Waals surface area contributed by atoms with Crippen LogP contribution in [0, 0.1) is 5.92 Å². The minimum atomic E-state index is -1.26. The zero-order valence-electron chi connectivity index (χ0n) is 42.0. The number of thiol groups is 1. The predicted molar refractivity (Wildman–Crippen MR) is 276 cm³/mol. The Labute approximate surface area is 439 Å². The number of fused-ring (bicyclic) bond motifs is 3. The average Bonchev–Trinajstić information content (AvgIpc) is 4.25. The maximum absolute atomic E-state index is 14.5. The number of aromatic amines is 1. The molecule has 0 bridgehead atoms. The molecule has 0 spiro atoms. The first-order valence-corrected chi connectivity index (χ1v) is 25.6. The van der Waals surface area contributed by atoms with Gasteiger partial charge in [-0.05, 0) is 66.7 Å². The number of nitrogens with one attached hydrogen (secondary N) is 6. The summed E-state index contributed by atoms with van der Waals surface area (Å²) in [5.74, 6) is -6.81. The topological polar surface area (TPSA) is 358 Å². The van der Waals surface area contributed by atoms with Crippen LogP contribution in [0.2, 0.25) is 0 Å². The number of carbonyl (C=O) groups is 9. The molecular formula is C50H67N13O11S. The van der Waals surface area contributed by atoms with Crippen molar-refractivity contribution in [3.05, 3.63) is 77.9 Å². The van der Waals surface area contributed by atoms with Crippen molar-refractivity contribution in [2.75, 3.05) is 45.1 Å². The van der Waals surface area contributed by atoms with E-state index in [0.29, 0.717) is 25.0 Å². The normalized spacial score (nSPS) is 17.7. The van der Waals surface area contributed by atoms with Crippen molar-refractivity contribution in [1.82, 2.24) is 46.4 Å². The van der Waals surface area contributed by atoms with Gasteiger partial charge >= 0.3 is 12.1 Å². The Hall–Kier alpha value is -7.70. The molecule has 25 heteroatoms. The Balaban J connectivity index is 1.09. The summed E-state index contributed by atoms with van der Waals surface area (Å²) in [7, 11) is 0. The third-order valence-corrected chi connectivity index (χ3v) is 13.9. The van der Waals surface area contributed by atoms with E-state index in [9.17, 15) is 43.2 Å². The van der Waals surface area contributed by atoms with Gasteiger partial charge in [-0.25, -0.2) is 14.6 Å². The quantitative estimate of drug-likeness (QED) is 0.0168. The summed E-state index contributed by atoms with van der Waals surface area (Å²) in [6.45, 7) is 2.74. The third-order valence-electron chi connectivity index (χ3n) is 13.5. The highest BCUT2D eigenvalue weighted by Crippen LogP contribution is 2.44. The number of nitrogens with zero attached hydrogens (tertiary/aromatic N) is 4. The number of nitrogens with two attached hydrogens (primary N) is 3. The first-order chi connectivity index (χ1) is 36.0. The van der Waals surface area contributed by atoms with Crippen molar-refractivity contribution in [1.29, 1.82) is 0 Å². The molecule has 0 saturated carbocycles. The number of aliphatic imine (C=N–C) groups is 1. The highest BCUT2D eigenvalue weighted by Gasteiger charge is 2.42. The molecule has 2 aromatic carbocycles. The van der Waals surface area contributed by atoms with E-state index in [0.717, 1.165) is 22.3 Å². The highest BCUT2D eigenvalue weighted by atomic mass is 32.1. The van der Waals surface area contributed by atoms with Crippen LogP contribution in [0.3, 0.4) is 0 Å². The molecule has 2 aliphatic heterocycles. The molecule has 1 aromatic heterocycles. The van der Waals surface area contributed by atoms with Crippen molar-refractivity contribution in [2.24, 2.45) is 28.1 Å². The molecule has 75 heavy (non-hydrogen) atoms. The summed E-state index contributed by atoms with van der Waals surface area (Å²) < 4.78 is 10.7. The summed E-state index contributed by atoms with van der Waals surface area (Å²) in [5, 5.41) is 13.3. The van der Waals surface area contributed by atoms with E-state index in [-0.39, 0.29) is 76.0 Å². The van der Waals surface area contributed by atoms with Crippen molar-refractivity contribution < 1.29 is 52.6 Å². The fraction of sp³-hybridized carbons (Fsp3) is 0.500. The molecule has 8 amide bonds. The molecule has 6 rings (SSSR count). The first kappa shape index (κ1) is 56.6. The van der Waals surface area contributed by atoms with Gasteiger partial charge in [0.25, 0.3) is 5.91 Å². The second-order valence-corrected chi connectivity index (χ2v) is 19.0. The van der Waals surface area contributed by atoms with Gasteiger partial charge in [0, 0.05) is 49.6 Å². The van der Waals surface area contributed by atoms with Crippen molar-refractivity contribution in [2.45, 2.75) is 107 Å². The Bertz CT molecular complexity index is 2530. The zero-order chi connectivity index (χ0) is 54.2. The number of rotatable bonds is 25. The largest absolute Gasteiger partial charge is 0.454 e. The van der Waals surface area contributed by atoms with Gasteiger partial charge in [-0.3, -0.25) is 38.6 Å². The number of carbonyl (C=O) groups excluding carboxylic acids is 9. The summed E-state index contributed by atoms with van der Waals surface area (Å²) in [4.78, 5) is 134. The van der Waals surface area contributed by atoms with Crippen LogP contribution >= 0.6 is 12.6 Å². The van der Waals surface area contributed by atoms with Crippen LogP contribution in [0.4, 0.5) is 4.79 Å². The fourth-order valence-electron chi connectivity index (χ4n) is 9.52.